The fourth-order valence-corrected chi connectivity index (χ4v) is 3.95. The molecule has 7 heteroatoms. The average molecular weight is 445 g/mol. The molecule has 0 spiro atoms. The number of rotatable bonds is 6. The highest BCUT2D eigenvalue weighted by molar-refractivity contribution is 6.51. The first-order valence-corrected chi connectivity index (χ1v) is 10.2. The van der Waals surface area contributed by atoms with E-state index in [4.69, 9.17) is 14.2 Å². The lowest BCUT2D eigenvalue weighted by Crippen LogP contribution is -2.29. The van der Waals surface area contributed by atoms with Crippen molar-refractivity contribution in [1.82, 2.24) is 0 Å². The Morgan fingerprint density at radius 2 is 1.55 bits per heavy atom. The standard InChI is InChI=1S/C26H23NO6/c1-31-19-11-7-10-18(15-19)27-23(17-12-13-20(32-2)21(14-17)33-3)22(25(29)26(27)30)24(28)16-8-5-4-6-9-16/h4-15,23,28H,1-3H3/t23-/m1/s1. The van der Waals surface area contributed by atoms with Crippen molar-refractivity contribution in [3.8, 4) is 17.2 Å². The molecule has 1 aliphatic rings. The van der Waals surface area contributed by atoms with E-state index in [0.29, 0.717) is 34.1 Å². The van der Waals surface area contributed by atoms with Crippen LogP contribution in [0, 0.1) is 0 Å². The maximum atomic E-state index is 13.2. The van der Waals surface area contributed by atoms with Crippen LogP contribution >= 0.6 is 0 Å². The number of methoxy groups -OCH3 is 3. The first-order valence-electron chi connectivity index (χ1n) is 10.2. The minimum absolute atomic E-state index is 0.0127. The van der Waals surface area contributed by atoms with Crippen molar-refractivity contribution < 1.29 is 28.9 Å². The van der Waals surface area contributed by atoms with E-state index in [1.54, 1.807) is 72.8 Å². The number of hydrogen-bond acceptors (Lipinski definition) is 6. The van der Waals surface area contributed by atoms with E-state index < -0.39 is 17.7 Å². The summed E-state index contributed by atoms with van der Waals surface area (Å²) in [4.78, 5) is 27.8. The van der Waals surface area contributed by atoms with Gasteiger partial charge in [0.1, 0.15) is 11.5 Å². The summed E-state index contributed by atoms with van der Waals surface area (Å²) >= 11 is 0. The minimum Gasteiger partial charge on any atom is -0.507 e. The number of ether oxygens (including phenoxy) is 3. The summed E-state index contributed by atoms with van der Waals surface area (Å²) in [6.07, 6.45) is 0. The molecule has 0 unspecified atom stereocenters. The van der Waals surface area contributed by atoms with Crippen molar-refractivity contribution >= 4 is 23.1 Å². The van der Waals surface area contributed by atoms with Crippen molar-refractivity contribution in [3.63, 3.8) is 0 Å². The van der Waals surface area contributed by atoms with E-state index in [1.807, 2.05) is 0 Å². The predicted octanol–water partition coefficient (Wildman–Crippen LogP) is 4.34. The van der Waals surface area contributed by atoms with Crippen LogP contribution in [0.5, 0.6) is 17.2 Å². The number of carbonyl (C=O) groups is 2. The van der Waals surface area contributed by atoms with Gasteiger partial charge in [-0.1, -0.05) is 42.5 Å². The molecule has 3 aromatic rings. The second-order valence-electron chi connectivity index (χ2n) is 7.35. The van der Waals surface area contributed by atoms with Gasteiger partial charge in [-0.2, -0.15) is 0 Å². The van der Waals surface area contributed by atoms with Crippen LogP contribution in [0.25, 0.3) is 5.76 Å². The monoisotopic (exact) mass is 445 g/mol. The number of hydrogen-bond donors (Lipinski definition) is 1. The van der Waals surface area contributed by atoms with Gasteiger partial charge in [0, 0.05) is 17.3 Å². The summed E-state index contributed by atoms with van der Waals surface area (Å²) in [5, 5.41) is 11.1. The Morgan fingerprint density at radius 1 is 0.818 bits per heavy atom. The van der Waals surface area contributed by atoms with Crippen molar-refractivity contribution in [2.45, 2.75) is 6.04 Å². The summed E-state index contributed by atoms with van der Waals surface area (Å²) in [6.45, 7) is 0. The lowest BCUT2D eigenvalue weighted by molar-refractivity contribution is -0.132. The van der Waals surface area contributed by atoms with Gasteiger partial charge in [-0.05, 0) is 29.8 Å². The van der Waals surface area contributed by atoms with E-state index in [2.05, 4.69) is 0 Å². The van der Waals surface area contributed by atoms with Crippen LogP contribution in [0.4, 0.5) is 5.69 Å². The molecule has 168 valence electrons. The Labute approximate surface area is 191 Å². The van der Waals surface area contributed by atoms with Gasteiger partial charge in [-0.25, -0.2) is 0 Å². The van der Waals surface area contributed by atoms with E-state index >= 15 is 0 Å². The lowest BCUT2D eigenvalue weighted by Gasteiger charge is -2.26. The predicted molar refractivity (Wildman–Crippen MR) is 124 cm³/mol. The molecule has 0 aliphatic carbocycles. The summed E-state index contributed by atoms with van der Waals surface area (Å²) < 4.78 is 16.1. The SMILES string of the molecule is COc1cccc(N2C(=O)C(=O)C(=C(O)c3ccccc3)[C@H]2c2ccc(OC)c(OC)c2)c1. The van der Waals surface area contributed by atoms with Gasteiger partial charge >= 0.3 is 0 Å². The molecule has 1 N–H and O–H groups in total. The third kappa shape index (κ3) is 3.89. The fraction of sp³-hybridized carbons (Fsp3) is 0.154. The average Bonchev–Trinajstić information content (AvgIpc) is 3.13. The summed E-state index contributed by atoms with van der Waals surface area (Å²) in [6, 6.07) is 19.8. The first-order chi connectivity index (χ1) is 16.0. The number of anilines is 1. The van der Waals surface area contributed by atoms with E-state index in [9.17, 15) is 14.7 Å². The molecule has 1 fully saturated rings. The van der Waals surface area contributed by atoms with Gasteiger partial charge in [0.25, 0.3) is 11.7 Å². The Morgan fingerprint density at radius 3 is 2.21 bits per heavy atom. The van der Waals surface area contributed by atoms with E-state index in [1.165, 1.54) is 26.2 Å². The third-order valence-electron chi connectivity index (χ3n) is 5.55. The second kappa shape index (κ2) is 9.08. The third-order valence-corrected chi connectivity index (χ3v) is 5.55. The van der Waals surface area contributed by atoms with Crippen LogP contribution in [-0.4, -0.2) is 38.1 Å². The highest BCUT2D eigenvalue weighted by atomic mass is 16.5. The number of amides is 1. The number of aliphatic hydroxyl groups is 1. The largest absolute Gasteiger partial charge is 0.507 e. The van der Waals surface area contributed by atoms with Crippen LogP contribution < -0.4 is 19.1 Å². The lowest BCUT2D eigenvalue weighted by atomic mass is 9.94. The van der Waals surface area contributed by atoms with Crippen molar-refractivity contribution in [1.29, 1.82) is 0 Å². The number of ketones is 1. The van der Waals surface area contributed by atoms with Crippen molar-refractivity contribution in [2.75, 3.05) is 26.2 Å². The molecular weight excluding hydrogens is 422 g/mol. The highest BCUT2D eigenvalue weighted by Gasteiger charge is 2.47. The molecule has 1 heterocycles. The van der Waals surface area contributed by atoms with Crippen LogP contribution in [0.15, 0.2) is 78.4 Å². The number of Topliss-reactive ketones (excluding diaryl/α,β-unsaturated/α-hetero) is 1. The van der Waals surface area contributed by atoms with Crippen LogP contribution in [-0.2, 0) is 9.59 Å². The molecule has 1 saturated heterocycles. The van der Waals surface area contributed by atoms with E-state index in [-0.39, 0.29) is 11.3 Å². The van der Waals surface area contributed by atoms with Crippen LogP contribution in [0.3, 0.4) is 0 Å². The van der Waals surface area contributed by atoms with Gasteiger partial charge in [-0.15, -0.1) is 0 Å². The maximum Gasteiger partial charge on any atom is 0.300 e. The molecule has 7 nitrogen and oxygen atoms in total. The molecule has 0 aromatic heterocycles. The van der Waals surface area contributed by atoms with Gasteiger partial charge in [0.2, 0.25) is 0 Å². The summed E-state index contributed by atoms with van der Waals surface area (Å²) in [5.41, 5.74) is 1.46. The highest BCUT2D eigenvalue weighted by Crippen LogP contribution is 2.44. The molecule has 4 rings (SSSR count). The Hall–Kier alpha value is -4.26. The van der Waals surface area contributed by atoms with Gasteiger partial charge in [0.15, 0.2) is 11.5 Å². The van der Waals surface area contributed by atoms with E-state index in [0.717, 1.165) is 0 Å². The number of benzene rings is 3. The quantitative estimate of drug-likeness (QED) is 0.345. The summed E-state index contributed by atoms with van der Waals surface area (Å²) in [7, 11) is 4.55. The zero-order chi connectivity index (χ0) is 23.5. The zero-order valence-electron chi connectivity index (χ0n) is 18.4. The normalized spacial score (nSPS) is 17.2. The molecule has 33 heavy (non-hydrogen) atoms. The number of aliphatic hydroxyl groups excluding tert-OH is 1. The minimum atomic E-state index is -0.892. The van der Waals surface area contributed by atoms with Gasteiger partial charge in [0.05, 0.1) is 32.9 Å². The molecule has 1 aliphatic heterocycles. The Bertz CT molecular complexity index is 1230. The summed E-state index contributed by atoms with van der Waals surface area (Å²) in [5.74, 6) is -0.310. The number of carbonyl (C=O) groups excluding carboxylic acids is 2. The fourth-order valence-electron chi connectivity index (χ4n) is 3.95. The molecule has 0 bridgehead atoms. The molecular formula is C26H23NO6. The molecule has 0 radical (unpaired) electrons. The second-order valence-corrected chi connectivity index (χ2v) is 7.35. The van der Waals surface area contributed by atoms with Gasteiger partial charge in [-0.3, -0.25) is 14.5 Å². The van der Waals surface area contributed by atoms with Gasteiger partial charge < -0.3 is 19.3 Å². The Balaban J connectivity index is 1.97. The van der Waals surface area contributed by atoms with Crippen LogP contribution in [0.1, 0.15) is 17.2 Å². The molecule has 1 amide bonds. The Kier molecular flexibility index (Phi) is 6.04. The molecule has 3 aromatic carbocycles. The van der Waals surface area contributed by atoms with Crippen LogP contribution in [0.2, 0.25) is 0 Å². The number of nitrogens with zero attached hydrogens (tertiary/aromatic N) is 1. The smallest absolute Gasteiger partial charge is 0.300 e. The molecule has 0 saturated carbocycles. The molecule has 1 atom stereocenters. The van der Waals surface area contributed by atoms with Crippen molar-refractivity contribution in [2.24, 2.45) is 0 Å². The first kappa shape index (κ1) is 22.0. The topological polar surface area (TPSA) is 85.3 Å². The maximum absolute atomic E-state index is 13.2. The van der Waals surface area contributed by atoms with Crippen molar-refractivity contribution in [3.05, 3.63) is 89.5 Å². The zero-order valence-corrected chi connectivity index (χ0v) is 18.4.